The van der Waals surface area contributed by atoms with Gasteiger partial charge >= 0.3 is 0 Å². The van der Waals surface area contributed by atoms with E-state index in [0.717, 1.165) is 42.9 Å². The summed E-state index contributed by atoms with van der Waals surface area (Å²) < 4.78 is 18.1. The van der Waals surface area contributed by atoms with Gasteiger partial charge in [0.25, 0.3) is 0 Å². The summed E-state index contributed by atoms with van der Waals surface area (Å²) in [5.74, 6) is 0. The second kappa shape index (κ2) is 35.6. The molecule has 0 amide bonds. The van der Waals surface area contributed by atoms with Gasteiger partial charge in [0, 0.05) is 40.9 Å². The summed E-state index contributed by atoms with van der Waals surface area (Å²) >= 11 is 3.24. The van der Waals surface area contributed by atoms with Gasteiger partial charge in [0.1, 0.15) is 3.70 Å². The summed E-state index contributed by atoms with van der Waals surface area (Å²) in [5, 5.41) is 0. The highest BCUT2D eigenvalue weighted by Gasteiger charge is 2.35. The number of rotatable bonds is 37. The van der Waals surface area contributed by atoms with Gasteiger partial charge in [0.05, 0.1) is 19.3 Å². The molecular weight excluding hydrogens is 585 g/mol. The largest absolute Gasteiger partial charge is 0.377 e. The molecule has 0 rings (SSSR count). The summed E-state index contributed by atoms with van der Waals surface area (Å²) in [7, 11) is 0.960. The van der Waals surface area contributed by atoms with E-state index >= 15 is 0 Å². The fourth-order valence-corrected chi connectivity index (χ4v) is 8.13. The number of ether oxygens (including phenoxy) is 1. The molecule has 3 nitrogen and oxygen atoms in total. The number of unbranched alkanes of at least 4 members (excludes halogenated alkanes) is 26. The van der Waals surface area contributed by atoms with Gasteiger partial charge in [-0.25, -0.2) is 0 Å². The summed E-state index contributed by atoms with van der Waals surface area (Å²) in [6, 6.07) is 0. The van der Waals surface area contributed by atoms with Crippen LogP contribution in [0.1, 0.15) is 207 Å². The lowest BCUT2D eigenvalue weighted by atomic mass is 10.0. The van der Waals surface area contributed by atoms with E-state index < -0.39 is 0 Å². The molecule has 0 saturated carbocycles. The van der Waals surface area contributed by atoms with Crippen LogP contribution in [-0.2, 0) is 13.1 Å². The molecule has 0 heterocycles. The SMILES string of the molecule is CCCCCCCCCCCCCCCCOSC([SiH3])(SOCCCCCCCCCCCCCCCC)C(C)OCC. The lowest BCUT2D eigenvalue weighted by Gasteiger charge is -2.32. The standard InChI is InChI=1S/C37H78O3S2Si/c1-5-8-10-12-14-16-18-20-22-24-26-28-30-32-34-39-41-37(43,36(4)38-7-3)42-40-35-33-31-29-27-25-23-21-19-17-15-13-11-9-6-2/h36H,5-35H2,1-4,43H3. The van der Waals surface area contributed by atoms with Crippen molar-refractivity contribution in [2.75, 3.05) is 19.8 Å². The molecule has 0 aliphatic heterocycles. The Morgan fingerprint density at radius 3 is 0.953 bits per heavy atom. The molecule has 0 saturated heterocycles. The van der Waals surface area contributed by atoms with Crippen LogP contribution in [0.5, 0.6) is 0 Å². The maximum absolute atomic E-state index is 6.12. The van der Waals surface area contributed by atoms with Crippen molar-refractivity contribution in [2.24, 2.45) is 0 Å². The average Bonchev–Trinajstić information content (AvgIpc) is 3.00. The van der Waals surface area contributed by atoms with E-state index in [4.69, 9.17) is 13.1 Å². The van der Waals surface area contributed by atoms with Crippen molar-refractivity contribution in [3.8, 4) is 0 Å². The fraction of sp³-hybridized carbons (Fsp3) is 1.00. The van der Waals surface area contributed by atoms with Gasteiger partial charge < -0.3 is 13.1 Å². The molecule has 0 aromatic rings. The molecule has 0 spiro atoms. The first kappa shape index (κ1) is 43.8. The molecule has 0 radical (unpaired) electrons. The normalized spacial score (nSPS) is 12.8. The molecule has 43 heavy (non-hydrogen) atoms. The van der Waals surface area contributed by atoms with Crippen LogP contribution in [0.3, 0.4) is 0 Å². The molecule has 0 N–H and O–H groups in total. The molecular formula is C37H78O3S2Si. The van der Waals surface area contributed by atoms with E-state index in [1.165, 1.54) is 167 Å². The Morgan fingerprint density at radius 2 is 0.698 bits per heavy atom. The van der Waals surface area contributed by atoms with E-state index in [-0.39, 0.29) is 9.81 Å². The Morgan fingerprint density at radius 1 is 0.442 bits per heavy atom. The quantitative estimate of drug-likeness (QED) is 0.0286. The topological polar surface area (TPSA) is 27.7 Å². The first-order valence-electron chi connectivity index (χ1n) is 19.3. The predicted molar refractivity (Wildman–Crippen MR) is 201 cm³/mol. The van der Waals surface area contributed by atoms with Crippen molar-refractivity contribution in [1.82, 2.24) is 0 Å². The summed E-state index contributed by atoms with van der Waals surface area (Å²) in [6.45, 7) is 11.3. The monoisotopic (exact) mass is 663 g/mol. The van der Waals surface area contributed by atoms with Gasteiger partial charge in [-0.1, -0.05) is 181 Å². The van der Waals surface area contributed by atoms with E-state index in [2.05, 4.69) is 27.7 Å². The van der Waals surface area contributed by atoms with Gasteiger partial charge in [-0.05, 0) is 26.7 Å². The first-order valence-corrected chi connectivity index (χ1v) is 21.8. The highest BCUT2D eigenvalue weighted by molar-refractivity contribution is 8.15. The Hall–Kier alpha value is 0.797. The molecule has 0 aliphatic carbocycles. The molecule has 1 atom stereocenters. The van der Waals surface area contributed by atoms with Crippen molar-refractivity contribution in [1.29, 1.82) is 0 Å². The maximum Gasteiger partial charge on any atom is 0.119 e. The minimum atomic E-state index is -0.109. The van der Waals surface area contributed by atoms with Crippen LogP contribution in [-0.4, -0.2) is 39.9 Å². The smallest absolute Gasteiger partial charge is 0.119 e. The van der Waals surface area contributed by atoms with Crippen molar-refractivity contribution in [3.05, 3.63) is 0 Å². The van der Waals surface area contributed by atoms with Crippen molar-refractivity contribution >= 4 is 34.3 Å². The molecule has 0 aliphatic rings. The third-order valence-electron chi connectivity index (χ3n) is 8.77. The highest BCUT2D eigenvalue weighted by atomic mass is 32.2. The van der Waals surface area contributed by atoms with Gasteiger partial charge in [0.2, 0.25) is 0 Å². The van der Waals surface area contributed by atoms with Crippen molar-refractivity contribution in [2.45, 2.75) is 217 Å². The first-order chi connectivity index (χ1) is 21.1. The summed E-state index contributed by atoms with van der Waals surface area (Å²) in [5.41, 5.74) is 0. The zero-order valence-corrected chi connectivity index (χ0v) is 33.7. The molecule has 6 heteroatoms. The lowest BCUT2D eigenvalue weighted by molar-refractivity contribution is 0.0789. The van der Waals surface area contributed by atoms with Gasteiger partial charge in [0.15, 0.2) is 0 Å². The number of hydrogen-bond acceptors (Lipinski definition) is 5. The second-order valence-corrected chi connectivity index (χ2v) is 18.9. The fourth-order valence-electron chi connectivity index (χ4n) is 5.58. The van der Waals surface area contributed by atoms with E-state index in [1.807, 2.05) is 0 Å². The summed E-state index contributed by atoms with van der Waals surface area (Å²) in [6.07, 6.45) is 39.1. The van der Waals surface area contributed by atoms with Crippen LogP contribution in [0.4, 0.5) is 0 Å². The third-order valence-corrected chi connectivity index (χ3v) is 12.9. The van der Waals surface area contributed by atoms with Gasteiger partial charge in [-0.15, -0.1) is 0 Å². The Balaban J connectivity index is 3.71. The predicted octanol–water partition coefficient (Wildman–Crippen LogP) is 12.7. The average molecular weight is 663 g/mol. The van der Waals surface area contributed by atoms with Crippen LogP contribution < -0.4 is 0 Å². The molecule has 0 fully saturated rings. The Labute approximate surface area is 283 Å². The van der Waals surface area contributed by atoms with Crippen molar-refractivity contribution in [3.63, 3.8) is 0 Å². The van der Waals surface area contributed by atoms with Crippen LogP contribution >= 0.6 is 24.1 Å². The van der Waals surface area contributed by atoms with Crippen LogP contribution in [0.25, 0.3) is 0 Å². The minimum Gasteiger partial charge on any atom is -0.377 e. The van der Waals surface area contributed by atoms with Gasteiger partial charge in [-0.2, -0.15) is 0 Å². The Kier molecular flexibility index (Phi) is 36.3. The Bertz CT molecular complexity index is 490. The zero-order chi connectivity index (χ0) is 31.5. The minimum absolute atomic E-state index is 0.109. The zero-order valence-electron chi connectivity index (χ0n) is 30.0. The third kappa shape index (κ3) is 31.2. The van der Waals surface area contributed by atoms with Crippen LogP contribution in [0.2, 0.25) is 0 Å². The second-order valence-electron chi connectivity index (χ2n) is 13.1. The van der Waals surface area contributed by atoms with Gasteiger partial charge in [-0.3, -0.25) is 0 Å². The van der Waals surface area contributed by atoms with E-state index in [0.29, 0.717) is 0 Å². The van der Waals surface area contributed by atoms with E-state index in [9.17, 15) is 0 Å². The molecule has 260 valence electrons. The van der Waals surface area contributed by atoms with Crippen molar-refractivity contribution < 1.29 is 13.1 Å². The molecule has 0 aromatic heterocycles. The van der Waals surface area contributed by atoms with E-state index in [1.54, 1.807) is 24.1 Å². The highest BCUT2D eigenvalue weighted by Crippen LogP contribution is 2.40. The maximum atomic E-state index is 6.12. The number of hydrogen-bond donors (Lipinski definition) is 0. The molecule has 1 unspecified atom stereocenters. The molecule has 0 bridgehead atoms. The summed E-state index contributed by atoms with van der Waals surface area (Å²) in [4.78, 5) is 0. The van der Waals surface area contributed by atoms with Crippen LogP contribution in [0.15, 0.2) is 0 Å². The lowest BCUT2D eigenvalue weighted by Crippen LogP contribution is -2.37. The molecule has 0 aromatic carbocycles. The van der Waals surface area contributed by atoms with Crippen LogP contribution in [0, 0.1) is 0 Å².